The molecule has 0 saturated carbocycles. The average molecular weight is 431 g/mol. The van der Waals surface area contributed by atoms with Crippen LogP contribution in [0.2, 0.25) is 0 Å². The van der Waals surface area contributed by atoms with E-state index in [0.717, 1.165) is 29.0 Å². The molecular weight excluding hydrogens is 400 g/mol. The lowest BCUT2D eigenvalue weighted by Crippen LogP contribution is -2.30. The fourth-order valence-electron chi connectivity index (χ4n) is 3.79. The van der Waals surface area contributed by atoms with E-state index in [2.05, 4.69) is 4.98 Å². The van der Waals surface area contributed by atoms with Gasteiger partial charge in [-0.1, -0.05) is 0 Å². The number of ether oxygens (including phenoxy) is 5. The highest BCUT2D eigenvalue weighted by Gasteiger charge is 2.20. The van der Waals surface area contributed by atoms with E-state index < -0.39 is 0 Å². The minimum absolute atomic E-state index is 0.0255. The van der Waals surface area contributed by atoms with E-state index in [4.69, 9.17) is 23.7 Å². The lowest BCUT2D eigenvalue weighted by atomic mass is 9.97. The highest BCUT2D eigenvalue weighted by atomic mass is 16.6. The molecule has 2 aromatic rings. The fraction of sp³-hybridized carbons (Fsp3) is 0.565. The molecule has 0 spiro atoms. The van der Waals surface area contributed by atoms with Crippen molar-refractivity contribution in [2.75, 3.05) is 39.6 Å². The van der Waals surface area contributed by atoms with Crippen LogP contribution in [0.4, 0.5) is 0 Å². The summed E-state index contributed by atoms with van der Waals surface area (Å²) in [4.78, 5) is 16.6. The van der Waals surface area contributed by atoms with Gasteiger partial charge in [-0.25, -0.2) is 4.79 Å². The van der Waals surface area contributed by atoms with Crippen molar-refractivity contribution in [3.05, 3.63) is 40.3 Å². The molecule has 0 amide bonds. The van der Waals surface area contributed by atoms with Gasteiger partial charge in [0.1, 0.15) is 12.4 Å². The van der Waals surface area contributed by atoms with Gasteiger partial charge in [-0.05, 0) is 44.0 Å². The monoisotopic (exact) mass is 430 g/mol. The Hall–Kier alpha value is -2.42. The van der Waals surface area contributed by atoms with Crippen molar-refractivity contribution in [3.63, 3.8) is 0 Å². The van der Waals surface area contributed by atoms with Gasteiger partial charge in [0.25, 0.3) is 0 Å². The van der Waals surface area contributed by atoms with E-state index in [1.807, 2.05) is 38.1 Å². The van der Waals surface area contributed by atoms with Gasteiger partial charge in [-0.3, -0.25) is 4.57 Å². The number of aromatic nitrogens is 2. The topological polar surface area (TPSA) is 81.0 Å². The summed E-state index contributed by atoms with van der Waals surface area (Å²) in [6.07, 6.45) is 1.66. The molecule has 1 unspecified atom stereocenters. The van der Waals surface area contributed by atoms with E-state index >= 15 is 0 Å². The van der Waals surface area contributed by atoms with E-state index in [0.29, 0.717) is 58.5 Å². The van der Waals surface area contributed by atoms with Gasteiger partial charge < -0.3 is 23.7 Å². The summed E-state index contributed by atoms with van der Waals surface area (Å²) in [7, 11) is 0. The van der Waals surface area contributed by atoms with Crippen molar-refractivity contribution in [2.24, 2.45) is 0 Å². The first-order valence-corrected chi connectivity index (χ1v) is 10.9. The number of benzene rings is 1. The lowest BCUT2D eigenvalue weighted by molar-refractivity contribution is -0.0936. The number of fused-ring (bicyclic) bond motifs is 3. The van der Waals surface area contributed by atoms with Crippen LogP contribution in [-0.2, 0) is 27.2 Å². The Morgan fingerprint density at radius 1 is 1.16 bits per heavy atom. The molecular formula is C23H30N2O6. The maximum Gasteiger partial charge on any atom is 0.351 e. The van der Waals surface area contributed by atoms with Crippen LogP contribution < -0.4 is 15.2 Å². The Kier molecular flexibility index (Phi) is 7.21. The second kappa shape index (κ2) is 10.3. The van der Waals surface area contributed by atoms with E-state index in [1.165, 1.54) is 0 Å². The van der Waals surface area contributed by atoms with Gasteiger partial charge in [-0.15, -0.1) is 0 Å². The lowest BCUT2D eigenvalue weighted by Gasteiger charge is -2.23. The maximum absolute atomic E-state index is 12.5. The summed E-state index contributed by atoms with van der Waals surface area (Å²) in [6, 6.07) is 7.81. The van der Waals surface area contributed by atoms with Crippen LogP contribution in [0.3, 0.4) is 0 Å². The number of rotatable bonds is 9. The van der Waals surface area contributed by atoms with Crippen molar-refractivity contribution in [2.45, 2.75) is 45.4 Å². The molecule has 8 nitrogen and oxygen atoms in total. The van der Waals surface area contributed by atoms with Crippen molar-refractivity contribution in [1.82, 2.24) is 9.55 Å². The van der Waals surface area contributed by atoms with E-state index in [1.54, 1.807) is 4.57 Å². The van der Waals surface area contributed by atoms with Crippen molar-refractivity contribution >= 4 is 0 Å². The zero-order valence-electron chi connectivity index (χ0n) is 18.2. The van der Waals surface area contributed by atoms with Crippen LogP contribution in [0.15, 0.2) is 29.1 Å². The fourth-order valence-corrected chi connectivity index (χ4v) is 3.79. The zero-order valence-corrected chi connectivity index (χ0v) is 18.2. The van der Waals surface area contributed by atoms with Crippen molar-refractivity contribution in [3.8, 4) is 22.9 Å². The Labute approximate surface area is 182 Å². The Bertz CT molecular complexity index is 936. The third-order valence-corrected chi connectivity index (χ3v) is 5.32. The van der Waals surface area contributed by atoms with Gasteiger partial charge >= 0.3 is 5.69 Å². The summed E-state index contributed by atoms with van der Waals surface area (Å²) in [5.74, 6) is 1.15. The average Bonchev–Trinajstić information content (AvgIpc) is 2.77. The highest BCUT2D eigenvalue weighted by Crippen LogP contribution is 2.32. The number of hydrogen-bond acceptors (Lipinski definition) is 7. The minimum atomic E-state index is -0.290. The molecule has 1 aromatic carbocycles. The molecule has 2 aliphatic rings. The minimum Gasteiger partial charge on any atom is -0.491 e. The van der Waals surface area contributed by atoms with Gasteiger partial charge in [0, 0.05) is 24.6 Å². The third-order valence-electron chi connectivity index (χ3n) is 5.32. The van der Waals surface area contributed by atoms with E-state index in [-0.39, 0.29) is 17.9 Å². The molecule has 1 saturated heterocycles. The summed E-state index contributed by atoms with van der Waals surface area (Å²) < 4.78 is 29.8. The van der Waals surface area contributed by atoms with Crippen LogP contribution in [0.5, 0.6) is 11.6 Å². The first kappa shape index (κ1) is 21.8. The molecule has 2 aliphatic heterocycles. The quantitative estimate of drug-likeness (QED) is 0.565. The highest BCUT2D eigenvalue weighted by molar-refractivity contribution is 5.67. The first-order chi connectivity index (χ1) is 15.1. The standard InChI is InChI=1S/C23H30N2O6/c1-16(2)28-11-12-29-18-3-4-20-17(13-18)5-7-25-21(20)14-22(24-23(25)26)31-8-6-19-15-27-9-10-30-19/h3-4,13-14,16,19H,5-12,15H2,1-2H3. The van der Waals surface area contributed by atoms with E-state index in [9.17, 15) is 4.79 Å². The molecule has 1 atom stereocenters. The normalized spacial score (nSPS) is 17.8. The first-order valence-electron chi connectivity index (χ1n) is 10.9. The van der Waals surface area contributed by atoms with Crippen LogP contribution in [0, 0.1) is 0 Å². The number of aryl methyl sites for hydroxylation is 1. The van der Waals surface area contributed by atoms with Crippen molar-refractivity contribution < 1.29 is 23.7 Å². The molecule has 1 aromatic heterocycles. The predicted molar refractivity (Wildman–Crippen MR) is 115 cm³/mol. The molecule has 3 heterocycles. The zero-order chi connectivity index (χ0) is 21.6. The maximum atomic E-state index is 12.5. The van der Waals surface area contributed by atoms with Crippen LogP contribution in [-0.4, -0.2) is 61.4 Å². The van der Waals surface area contributed by atoms with Gasteiger partial charge in [0.05, 0.1) is 50.9 Å². The number of nitrogens with zero attached hydrogens (tertiary/aromatic N) is 2. The molecule has 4 rings (SSSR count). The Balaban J connectivity index is 1.43. The molecule has 0 N–H and O–H groups in total. The summed E-state index contributed by atoms with van der Waals surface area (Å²) in [6.45, 7) is 7.89. The number of hydrogen-bond donors (Lipinski definition) is 0. The molecule has 31 heavy (non-hydrogen) atoms. The largest absolute Gasteiger partial charge is 0.491 e. The smallest absolute Gasteiger partial charge is 0.351 e. The van der Waals surface area contributed by atoms with Gasteiger partial charge in [-0.2, -0.15) is 4.98 Å². The Morgan fingerprint density at radius 3 is 2.87 bits per heavy atom. The second-order valence-corrected chi connectivity index (χ2v) is 7.96. The van der Waals surface area contributed by atoms with Gasteiger partial charge in [0.2, 0.25) is 5.88 Å². The van der Waals surface area contributed by atoms with Crippen molar-refractivity contribution in [1.29, 1.82) is 0 Å². The molecule has 8 heteroatoms. The molecule has 0 radical (unpaired) electrons. The molecule has 0 bridgehead atoms. The third kappa shape index (κ3) is 5.64. The summed E-state index contributed by atoms with van der Waals surface area (Å²) >= 11 is 0. The summed E-state index contributed by atoms with van der Waals surface area (Å²) in [5.41, 5.74) is 2.68. The van der Waals surface area contributed by atoms with Crippen LogP contribution >= 0.6 is 0 Å². The molecule has 0 aliphatic carbocycles. The molecule has 1 fully saturated rings. The SMILES string of the molecule is CC(C)OCCOc1ccc2c(c1)CCn1c-2cc(OCCC2COCCO2)nc1=O. The van der Waals surface area contributed by atoms with Gasteiger partial charge in [0.15, 0.2) is 0 Å². The van der Waals surface area contributed by atoms with Crippen LogP contribution in [0.25, 0.3) is 11.3 Å². The molecule has 168 valence electrons. The summed E-state index contributed by atoms with van der Waals surface area (Å²) in [5, 5.41) is 0. The van der Waals surface area contributed by atoms with Crippen LogP contribution in [0.1, 0.15) is 25.8 Å². The Morgan fingerprint density at radius 2 is 2.06 bits per heavy atom. The second-order valence-electron chi connectivity index (χ2n) is 7.96. The predicted octanol–water partition coefficient (Wildman–Crippen LogP) is 2.45.